The van der Waals surface area contributed by atoms with E-state index in [9.17, 15) is 0 Å². The first-order valence-electron chi connectivity index (χ1n) is 6.92. The minimum Gasteiger partial charge on any atom is -0.491 e. The molecule has 3 heteroatoms. The number of rotatable bonds is 8. The lowest BCUT2D eigenvalue weighted by molar-refractivity contribution is 0.0889. The van der Waals surface area contributed by atoms with Crippen LogP contribution in [0.4, 0.5) is 0 Å². The molecule has 0 atom stereocenters. The second-order valence-corrected chi connectivity index (χ2v) is 4.57. The first-order chi connectivity index (χ1) is 9.88. The topological polar surface area (TPSA) is 44.5 Å². The molecule has 2 aromatic carbocycles. The fourth-order valence-corrected chi connectivity index (χ4v) is 1.89. The van der Waals surface area contributed by atoms with Gasteiger partial charge in [0.1, 0.15) is 12.4 Å². The van der Waals surface area contributed by atoms with E-state index in [2.05, 4.69) is 24.3 Å². The number of benzene rings is 2. The Balaban J connectivity index is 1.63. The second-order valence-electron chi connectivity index (χ2n) is 4.57. The van der Waals surface area contributed by atoms with E-state index in [0.717, 1.165) is 12.2 Å². The van der Waals surface area contributed by atoms with Crippen LogP contribution in [0.5, 0.6) is 5.75 Å². The molecule has 0 spiro atoms. The summed E-state index contributed by atoms with van der Waals surface area (Å²) in [5.41, 5.74) is 7.96. The molecule has 0 aromatic heterocycles. The maximum atomic E-state index is 5.59. The van der Waals surface area contributed by atoms with Gasteiger partial charge in [0.25, 0.3) is 0 Å². The van der Waals surface area contributed by atoms with Crippen LogP contribution in [0.1, 0.15) is 11.1 Å². The van der Waals surface area contributed by atoms with E-state index in [0.29, 0.717) is 26.4 Å². The van der Waals surface area contributed by atoms with Gasteiger partial charge < -0.3 is 15.2 Å². The highest BCUT2D eigenvalue weighted by atomic mass is 16.5. The van der Waals surface area contributed by atoms with Gasteiger partial charge in [0.2, 0.25) is 0 Å². The zero-order chi connectivity index (χ0) is 14.0. The summed E-state index contributed by atoms with van der Waals surface area (Å²) >= 11 is 0. The standard InChI is InChI=1S/C17H21NO2/c18-11-10-15-6-8-16(9-7-15)14-19-12-13-20-17-4-2-1-3-5-17/h1-9H,10-14,18H2. The van der Waals surface area contributed by atoms with E-state index in [1.807, 2.05) is 30.3 Å². The number of nitrogens with two attached hydrogens (primary N) is 1. The Kier molecular flexibility index (Phi) is 6.08. The molecule has 3 nitrogen and oxygen atoms in total. The summed E-state index contributed by atoms with van der Waals surface area (Å²) in [5.74, 6) is 0.877. The zero-order valence-corrected chi connectivity index (χ0v) is 11.6. The number of hydrogen-bond donors (Lipinski definition) is 1. The van der Waals surface area contributed by atoms with Gasteiger partial charge in [0, 0.05) is 0 Å². The van der Waals surface area contributed by atoms with E-state index in [4.69, 9.17) is 15.2 Å². The molecule has 2 aromatic rings. The Morgan fingerprint density at radius 1 is 0.800 bits per heavy atom. The first-order valence-corrected chi connectivity index (χ1v) is 6.92. The van der Waals surface area contributed by atoms with Crippen LogP contribution < -0.4 is 10.5 Å². The minimum absolute atomic E-state index is 0.565. The molecular formula is C17H21NO2. The predicted molar refractivity (Wildman–Crippen MR) is 80.8 cm³/mol. The number of para-hydroxylation sites is 1. The summed E-state index contributed by atoms with van der Waals surface area (Å²) in [7, 11) is 0. The van der Waals surface area contributed by atoms with E-state index in [1.165, 1.54) is 11.1 Å². The average molecular weight is 271 g/mol. The van der Waals surface area contributed by atoms with E-state index < -0.39 is 0 Å². The van der Waals surface area contributed by atoms with Gasteiger partial charge in [-0.2, -0.15) is 0 Å². The molecule has 106 valence electrons. The van der Waals surface area contributed by atoms with Crippen molar-refractivity contribution in [3.63, 3.8) is 0 Å². The van der Waals surface area contributed by atoms with Gasteiger partial charge in [-0.1, -0.05) is 42.5 Å². The molecule has 0 bridgehead atoms. The van der Waals surface area contributed by atoms with E-state index in [-0.39, 0.29) is 0 Å². The normalized spacial score (nSPS) is 10.4. The third-order valence-electron chi connectivity index (χ3n) is 2.96. The maximum Gasteiger partial charge on any atom is 0.119 e. The van der Waals surface area contributed by atoms with Gasteiger partial charge in [-0.3, -0.25) is 0 Å². The molecule has 2 rings (SSSR count). The van der Waals surface area contributed by atoms with Crippen LogP contribution in [-0.2, 0) is 17.8 Å². The highest BCUT2D eigenvalue weighted by molar-refractivity contribution is 5.22. The quantitative estimate of drug-likeness (QED) is 0.751. The monoisotopic (exact) mass is 271 g/mol. The van der Waals surface area contributed by atoms with Gasteiger partial charge in [0.15, 0.2) is 0 Å². The highest BCUT2D eigenvalue weighted by Crippen LogP contribution is 2.08. The second kappa shape index (κ2) is 8.35. The van der Waals surface area contributed by atoms with Crippen molar-refractivity contribution in [3.05, 3.63) is 65.7 Å². The summed E-state index contributed by atoms with van der Waals surface area (Å²) in [6, 6.07) is 18.1. The molecule has 0 amide bonds. The van der Waals surface area contributed by atoms with Crippen molar-refractivity contribution in [2.75, 3.05) is 19.8 Å². The molecule has 20 heavy (non-hydrogen) atoms. The Labute approximate surface area is 120 Å². The molecule has 0 aliphatic rings. The molecule has 0 aliphatic carbocycles. The summed E-state index contributed by atoms with van der Waals surface area (Å²) in [6.45, 7) is 2.45. The van der Waals surface area contributed by atoms with Crippen molar-refractivity contribution in [2.24, 2.45) is 5.73 Å². The van der Waals surface area contributed by atoms with Gasteiger partial charge in [0.05, 0.1) is 13.2 Å². The van der Waals surface area contributed by atoms with Gasteiger partial charge in [-0.25, -0.2) is 0 Å². The van der Waals surface area contributed by atoms with Crippen molar-refractivity contribution in [2.45, 2.75) is 13.0 Å². The smallest absolute Gasteiger partial charge is 0.119 e. The van der Waals surface area contributed by atoms with Crippen molar-refractivity contribution in [1.29, 1.82) is 0 Å². The summed E-state index contributed by atoms with van der Waals surface area (Å²) in [6.07, 6.45) is 0.923. The zero-order valence-electron chi connectivity index (χ0n) is 11.6. The van der Waals surface area contributed by atoms with Crippen LogP contribution in [0.2, 0.25) is 0 Å². The van der Waals surface area contributed by atoms with E-state index >= 15 is 0 Å². The SMILES string of the molecule is NCCc1ccc(COCCOc2ccccc2)cc1. The largest absolute Gasteiger partial charge is 0.491 e. The fourth-order valence-electron chi connectivity index (χ4n) is 1.89. The van der Waals surface area contributed by atoms with Crippen LogP contribution in [0.25, 0.3) is 0 Å². The molecule has 0 saturated carbocycles. The van der Waals surface area contributed by atoms with Crippen LogP contribution in [-0.4, -0.2) is 19.8 Å². The molecular weight excluding hydrogens is 250 g/mol. The van der Waals surface area contributed by atoms with Crippen molar-refractivity contribution in [3.8, 4) is 5.75 Å². The van der Waals surface area contributed by atoms with Crippen molar-refractivity contribution < 1.29 is 9.47 Å². The lowest BCUT2D eigenvalue weighted by atomic mass is 10.1. The predicted octanol–water partition coefficient (Wildman–Crippen LogP) is 2.78. The third-order valence-corrected chi connectivity index (χ3v) is 2.96. The Hall–Kier alpha value is -1.84. The van der Waals surface area contributed by atoms with Gasteiger partial charge in [-0.15, -0.1) is 0 Å². The first kappa shape index (κ1) is 14.6. The lowest BCUT2D eigenvalue weighted by Crippen LogP contribution is -2.06. The van der Waals surface area contributed by atoms with Gasteiger partial charge >= 0.3 is 0 Å². The number of ether oxygens (including phenoxy) is 2. The lowest BCUT2D eigenvalue weighted by Gasteiger charge is -2.07. The molecule has 0 fully saturated rings. The minimum atomic E-state index is 0.565. The fraction of sp³-hybridized carbons (Fsp3) is 0.294. The average Bonchev–Trinajstić information content (AvgIpc) is 2.50. The molecule has 2 N–H and O–H groups in total. The van der Waals surface area contributed by atoms with Crippen molar-refractivity contribution in [1.82, 2.24) is 0 Å². The van der Waals surface area contributed by atoms with Crippen LogP contribution in [0.15, 0.2) is 54.6 Å². The van der Waals surface area contributed by atoms with Crippen LogP contribution in [0.3, 0.4) is 0 Å². The Bertz CT molecular complexity index is 482. The molecule has 0 aliphatic heterocycles. The summed E-state index contributed by atoms with van der Waals surface area (Å²) in [4.78, 5) is 0. The molecule has 0 radical (unpaired) electrons. The maximum absolute atomic E-state index is 5.59. The van der Waals surface area contributed by atoms with Crippen LogP contribution >= 0.6 is 0 Å². The number of hydrogen-bond acceptors (Lipinski definition) is 3. The molecule has 0 saturated heterocycles. The third kappa shape index (κ3) is 5.03. The van der Waals surface area contributed by atoms with E-state index in [1.54, 1.807) is 0 Å². The summed E-state index contributed by atoms with van der Waals surface area (Å²) in [5, 5.41) is 0. The van der Waals surface area contributed by atoms with Gasteiger partial charge in [-0.05, 0) is 36.2 Å². The summed E-state index contributed by atoms with van der Waals surface area (Å²) < 4.78 is 11.1. The molecule has 0 unspecified atom stereocenters. The molecule has 0 heterocycles. The Morgan fingerprint density at radius 2 is 1.50 bits per heavy atom. The van der Waals surface area contributed by atoms with Crippen LogP contribution in [0, 0.1) is 0 Å². The Morgan fingerprint density at radius 3 is 2.20 bits per heavy atom. The van der Waals surface area contributed by atoms with Crippen molar-refractivity contribution >= 4 is 0 Å². The highest BCUT2D eigenvalue weighted by Gasteiger charge is 1.96.